The SMILES string of the molecule is CCCNC(=O)C1CCN(c2nc3ccsc3c(=O)n2Cc2ccc(F)cc2)CC1. The fourth-order valence-corrected chi connectivity index (χ4v) is 4.60. The molecule has 0 radical (unpaired) electrons. The van der Waals surface area contributed by atoms with Crippen molar-refractivity contribution in [3.8, 4) is 0 Å². The topological polar surface area (TPSA) is 67.2 Å². The molecule has 1 aliphatic rings. The lowest BCUT2D eigenvalue weighted by molar-refractivity contribution is -0.125. The number of aromatic nitrogens is 2. The highest BCUT2D eigenvalue weighted by molar-refractivity contribution is 7.17. The van der Waals surface area contributed by atoms with E-state index in [1.54, 1.807) is 16.7 Å². The van der Waals surface area contributed by atoms with E-state index in [2.05, 4.69) is 10.2 Å². The van der Waals surface area contributed by atoms with Crippen molar-refractivity contribution in [2.75, 3.05) is 24.5 Å². The minimum Gasteiger partial charge on any atom is -0.356 e. The van der Waals surface area contributed by atoms with Crippen molar-refractivity contribution >= 4 is 33.4 Å². The summed E-state index contributed by atoms with van der Waals surface area (Å²) in [7, 11) is 0. The van der Waals surface area contributed by atoms with Gasteiger partial charge in [-0.1, -0.05) is 19.1 Å². The molecule has 158 valence electrons. The van der Waals surface area contributed by atoms with Gasteiger partial charge in [-0.2, -0.15) is 0 Å². The van der Waals surface area contributed by atoms with Crippen molar-refractivity contribution in [1.29, 1.82) is 0 Å². The second-order valence-corrected chi connectivity index (χ2v) is 8.53. The maximum absolute atomic E-state index is 13.3. The molecule has 0 atom stereocenters. The van der Waals surface area contributed by atoms with Gasteiger partial charge in [-0.05, 0) is 48.4 Å². The molecule has 3 aromatic rings. The van der Waals surface area contributed by atoms with Crippen LogP contribution in [-0.2, 0) is 11.3 Å². The fourth-order valence-electron chi connectivity index (χ4n) is 3.82. The quantitative estimate of drug-likeness (QED) is 0.654. The monoisotopic (exact) mass is 428 g/mol. The van der Waals surface area contributed by atoms with Crippen LogP contribution in [0.15, 0.2) is 40.5 Å². The molecule has 0 saturated carbocycles. The van der Waals surface area contributed by atoms with Crippen LogP contribution < -0.4 is 15.8 Å². The molecule has 6 nitrogen and oxygen atoms in total. The summed E-state index contributed by atoms with van der Waals surface area (Å²) in [6, 6.07) is 8.04. The number of anilines is 1. The molecule has 0 unspecified atom stereocenters. The van der Waals surface area contributed by atoms with Crippen LogP contribution in [0.25, 0.3) is 10.2 Å². The molecule has 3 heterocycles. The van der Waals surface area contributed by atoms with E-state index < -0.39 is 0 Å². The summed E-state index contributed by atoms with van der Waals surface area (Å²) in [4.78, 5) is 32.4. The number of nitrogens with zero attached hydrogens (tertiary/aromatic N) is 3. The van der Waals surface area contributed by atoms with Gasteiger partial charge in [0.25, 0.3) is 5.56 Å². The van der Waals surface area contributed by atoms with Crippen molar-refractivity contribution in [2.24, 2.45) is 5.92 Å². The van der Waals surface area contributed by atoms with Gasteiger partial charge in [0.05, 0.1) is 12.1 Å². The van der Waals surface area contributed by atoms with Gasteiger partial charge in [0.15, 0.2) is 0 Å². The van der Waals surface area contributed by atoms with E-state index in [1.807, 2.05) is 18.4 Å². The molecular weight excluding hydrogens is 403 g/mol. The van der Waals surface area contributed by atoms with Crippen LogP contribution in [0, 0.1) is 11.7 Å². The molecule has 1 aliphatic heterocycles. The number of hydrogen-bond acceptors (Lipinski definition) is 5. The lowest BCUT2D eigenvalue weighted by Crippen LogP contribution is -2.43. The summed E-state index contributed by atoms with van der Waals surface area (Å²) in [5, 5.41) is 4.85. The van der Waals surface area contributed by atoms with E-state index in [0.717, 1.165) is 24.8 Å². The fraction of sp³-hybridized carbons (Fsp3) is 0.409. The molecule has 1 saturated heterocycles. The molecule has 1 amide bonds. The number of benzene rings is 1. The van der Waals surface area contributed by atoms with E-state index in [1.165, 1.54) is 23.5 Å². The Kier molecular flexibility index (Phi) is 6.13. The summed E-state index contributed by atoms with van der Waals surface area (Å²) >= 11 is 1.38. The third kappa shape index (κ3) is 4.23. The number of carbonyl (C=O) groups excluding carboxylic acids is 1. The van der Waals surface area contributed by atoms with Crippen LogP contribution >= 0.6 is 11.3 Å². The zero-order valence-corrected chi connectivity index (χ0v) is 17.8. The van der Waals surface area contributed by atoms with E-state index in [-0.39, 0.29) is 23.2 Å². The summed E-state index contributed by atoms with van der Waals surface area (Å²) < 4.78 is 15.6. The standard InChI is InChI=1S/C22H25FN4O2S/c1-2-10-24-20(28)16-7-11-26(12-8-16)22-25-18-9-13-30-19(18)21(29)27(22)14-15-3-5-17(23)6-4-15/h3-6,9,13,16H,2,7-8,10-12,14H2,1H3,(H,24,28). The molecule has 1 N–H and O–H groups in total. The first kappa shape index (κ1) is 20.5. The van der Waals surface area contributed by atoms with Gasteiger partial charge in [0.2, 0.25) is 11.9 Å². The first-order valence-corrected chi connectivity index (χ1v) is 11.2. The molecular formula is C22H25FN4O2S. The van der Waals surface area contributed by atoms with Gasteiger partial charge in [-0.25, -0.2) is 9.37 Å². The van der Waals surface area contributed by atoms with Crippen LogP contribution in [0.5, 0.6) is 0 Å². The Labute approximate surface area is 178 Å². The highest BCUT2D eigenvalue weighted by atomic mass is 32.1. The minimum atomic E-state index is -0.304. The lowest BCUT2D eigenvalue weighted by Gasteiger charge is -2.33. The molecule has 1 fully saturated rings. The summed E-state index contributed by atoms with van der Waals surface area (Å²) in [6.07, 6.45) is 2.37. The van der Waals surface area contributed by atoms with Gasteiger partial charge in [0.1, 0.15) is 10.5 Å². The lowest BCUT2D eigenvalue weighted by atomic mass is 9.96. The Morgan fingerprint density at radius 3 is 2.67 bits per heavy atom. The minimum absolute atomic E-state index is 0.00468. The maximum atomic E-state index is 13.3. The summed E-state index contributed by atoms with van der Waals surface area (Å²) in [5.74, 6) is 0.417. The smallest absolute Gasteiger partial charge is 0.273 e. The number of carbonyl (C=O) groups is 1. The molecule has 4 rings (SSSR count). The molecule has 1 aromatic carbocycles. The Balaban J connectivity index is 1.61. The Bertz CT molecular complexity index is 1080. The largest absolute Gasteiger partial charge is 0.356 e. The summed E-state index contributed by atoms with van der Waals surface area (Å²) in [6.45, 7) is 4.39. The Hall–Kier alpha value is -2.74. The van der Waals surface area contributed by atoms with Gasteiger partial charge in [-0.3, -0.25) is 14.2 Å². The molecule has 0 aliphatic carbocycles. The zero-order chi connectivity index (χ0) is 21.1. The van der Waals surface area contributed by atoms with Crippen molar-refractivity contribution in [3.63, 3.8) is 0 Å². The van der Waals surface area contributed by atoms with Crippen LogP contribution in [0.4, 0.5) is 10.3 Å². The highest BCUT2D eigenvalue weighted by Gasteiger charge is 2.27. The van der Waals surface area contributed by atoms with Crippen LogP contribution in [0.1, 0.15) is 31.7 Å². The predicted octanol–water partition coefficient (Wildman–Crippen LogP) is 3.39. The van der Waals surface area contributed by atoms with E-state index >= 15 is 0 Å². The average molecular weight is 429 g/mol. The Morgan fingerprint density at radius 2 is 1.97 bits per heavy atom. The molecule has 8 heteroatoms. The second-order valence-electron chi connectivity index (χ2n) is 7.62. The van der Waals surface area contributed by atoms with Crippen LogP contribution in [0.2, 0.25) is 0 Å². The van der Waals surface area contributed by atoms with E-state index in [4.69, 9.17) is 4.98 Å². The first-order chi connectivity index (χ1) is 14.6. The van der Waals surface area contributed by atoms with Crippen molar-refractivity contribution in [1.82, 2.24) is 14.9 Å². The molecule has 30 heavy (non-hydrogen) atoms. The maximum Gasteiger partial charge on any atom is 0.273 e. The highest BCUT2D eigenvalue weighted by Crippen LogP contribution is 2.25. The average Bonchev–Trinajstić information content (AvgIpc) is 3.24. The Morgan fingerprint density at radius 1 is 1.23 bits per heavy atom. The summed E-state index contributed by atoms with van der Waals surface area (Å²) in [5.41, 5.74) is 1.45. The van der Waals surface area contributed by atoms with Crippen molar-refractivity contribution in [2.45, 2.75) is 32.7 Å². The molecule has 2 aromatic heterocycles. The van der Waals surface area contributed by atoms with E-state index in [0.29, 0.717) is 42.3 Å². The third-order valence-electron chi connectivity index (χ3n) is 5.50. The van der Waals surface area contributed by atoms with Crippen LogP contribution in [0.3, 0.4) is 0 Å². The number of thiophene rings is 1. The second kappa shape index (κ2) is 8.95. The van der Waals surface area contributed by atoms with Crippen molar-refractivity contribution < 1.29 is 9.18 Å². The molecule has 0 bridgehead atoms. The molecule has 0 spiro atoms. The van der Waals surface area contributed by atoms with Gasteiger partial charge < -0.3 is 10.2 Å². The van der Waals surface area contributed by atoms with Crippen LogP contribution in [-0.4, -0.2) is 35.1 Å². The number of nitrogens with one attached hydrogen (secondary N) is 1. The number of piperidine rings is 1. The van der Waals surface area contributed by atoms with Gasteiger partial charge in [-0.15, -0.1) is 11.3 Å². The first-order valence-electron chi connectivity index (χ1n) is 10.3. The van der Waals surface area contributed by atoms with Gasteiger partial charge in [0, 0.05) is 25.6 Å². The number of amides is 1. The predicted molar refractivity (Wildman–Crippen MR) is 118 cm³/mol. The number of rotatable bonds is 6. The number of hydrogen-bond donors (Lipinski definition) is 1. The zero-order valence-electron chi connectivity index (χ0n) is 16.9. The van der Waals surface area contributed by atoms with Crippen molar-refractivity contribution in [3.05, 3.63) is 57.4 Å². The normalized spacial score (nSPS) is 14.9. The third-order valence-corrected chi connectivity index (χ3v) is 6.39. The number of halogens is 1. The van der Waals surface area contributed by atoms with E-state index in [9.17, 15) is 14.0 Å². The van der Waals surface area contributed by atoms with Gasteiger partial charge >= 0.3 is 0 Å². The number of fused-ring (bicyclic) bond motifs is 1.